The Morgan fingerprint density at radius 1 is 0.742 bits per heavy atom. The van der Waals surface area contributed by atoms with Gasteiger partial charge >= 0.3 is 0 Å². The van der Waals surface area contributed by atoms with Crippen LogP contribution in [0.3, 0.4) is 0 Å². The predicted molar refractivity (Wildman–Crippen MR) is 125 cm³/mol. The quantitative estimate of drug-likeness (QED) is 0.324. The highest BCUT2D eigenvalue weighted by Crippen LogP contribution is 2.22. The Kier molecular flexibility index (Phi) is 5.28. The summed E-state index contributed by atoms with van der Waals surface area (Å²) in [7, 11) is 0. The minimum Gasteiger partial charge on any atom is -0.492 e. The molecule has 0 N–H and O–H groups in total. The molecule has 0 saturated heterocycles. The summed E-state index contributed by atoms with van der Waals surface area (Å²) in [5, 5.41) is 2.39. The van der Waals surface area contributed by atoms with E-state index in [-0.39, 0.29) is 0 Å². The molecule has 0 fully saturated rings. The van der Waals surface area contributed by atoms with Gasteiger partial charge in [0.15, 0.2) is 0 Å². The Labute approximate surface area is 181 Å². The number of hydrogen-bond donors (Lipinski definition) is 0. The van der Waals surface area contributed by atoms with Crippen LogP contribution in [0.4, 0.5) is 0 Å². The molecule has 4 heteroatoms. The normalized spacial score (nSPS) is 11.1. The third-order valence-electron chi connectivity index (χ3n) is 5.43. The number of aryl methyl sites for hydroxylation is 1. The fourth-order valence-electron chi connectivity index (χ4n) is 3.78. The van der Waals surface area contributed by atoms with Crippen LogP contribution >= 0.6 is 0 Å². The maximum Gasteiger partial charge on any atom is 0.148 e. The van der Waals surface area contributed by atoms with Crippen molar-refractivity contribution >= 4 is 21.8 Å². The molecule has 1 aromatic heterocycles. The van der Waals surface area contributed by atoms with Gasteiger partial charge in [-0.3, -0.25) is 0 Å². The third kappa shape index (κ3) is 4.24. The summed E-state index contributed by atoms with van der Waals surface area (Å²) in [6, 6.07) is 30.8. The second-order valence-electron chi connectivity index (χ2n) is 7.63. The van der Waals surface area contributed by atoms with Crippen molar-refractivity contribution in [1.82, 2.24) is 9.55 Å². The third-order valence-corrected chi connectivity index (χ3v) is 5.43. The lowest BCUT2D eigenvalue weighted by Crippen LogP contribution is -2.13. The number of aromatic nitrogens is 2. The summed E-state index contributed by atoms with van der Waals surface area (Å²) in [5.74, 6) is 2.61. The van der Waals surface area contributed by atoms with Gasteiger partial charge in [-0.1, -0.05) is 60.2 Å². The first-order valence-corrected chi connectivity index (χ1v) is 10.5. The second-order valence-corrected chi connectivity index (χ2v) is 7.63. The van der Waals surface area contributed by atoms with Crippen LogP contribution < -0.4 is 9.47 Å². The van der Waals surface area contributed by atoms with Gasteiger partial charge in [0.05, 0.1) is 17.6 Å². The molecule has 0 unspecified atom stereocenters. The molecule has 31 heavy (non-hydrogen) atoms. The van der Waals surface area contributed by atoms with Gasteiger partial charge in [0, 0.05) is 0 Å². The predicted octanol–water partition coefficient (Wildman–Crippen LogP) is 6.16. The van der Waals surface area contributed by atoms with Crippen LogP contribution in [-0.2, 0) is 13.2 Å². The number of benzene rings is 4. The number of para-hydroxylation sites is 2. The molecule has 4 nitrogen and oxygen atoms in total. The fraction of sp³-hybridized carbons (Fsp3) is 0.148. The monoisotopic (exact) mass is 408 g/mol. The summed E-state index contributed by atoms with van der Waals surface area (Å²) in [5.41, 5.74) is 3.27. The Hall–Kier alpha value is -3.79. The van der Waals surface area contributed by atoms with Crippen molar-refractivity contribution in [2.24, 2.45) is 0 Å². The lowest BCUT2D eigenvalue weighted by Gasteiger charge is -2.12. The number of rotatable bonds is 7. The van der Waals surface area contributed by atoms with Crippen LogP contribution in [0.25, 0.3) is 21.8 Å². The van der Waals surface area contributed by atoms with Crippen molar-refractivity contribution in [3.63, 3.8) is 0 Å². The molecule has 0 spiro atoms. The molecule has 4 aromatic carbocycles. The van der Waals surface area contributed by atoms with Gasteiger partial charge in [0.25, 0.3) is 0 Å². The SMILES string of the molecule is Cc1ccc(OCc2nc3ccccc3n2CCOc2ccc3ccccc3c2)cc1. The standard InChI is InChI=1S/C27H24N2O2/c1-20-10-13-23(14-11-20)31-19-27-28-25-8-4-5-9-26(25)29(27)16-17-30-24-15-12-21-6-2-3-7-22(21)18-24/h2-15,18H,16-17,19H2,1H3. The summed E-state index contributed by atoms with van der Waals surface area (Å²) in [6.45, 7) is 3.72. The smallest absolute Gasteiger partial charge is 0.148 e. The molecular formula is C27H24N2O2. The topological polar surface area (TPSA) is 36.3 Å². The molecule has 0 radical (unpaired) electrons. The minimum absolute atomic E-state index is 0.410. The maximum atomic E-state index is 6.08. The van der Waals surface area contributed by atoms with Crippen LogP contribution in [0.1, 0.15) is 11.4 Å². The van der Waals surface area contributed by atoms with Crippen molar-refractivity contribution in [3.05, 3.63) is 102 Å². The van der Waals surface area contributed by atoms with Crippen LogP contribution in [0, 0.1) is 6.92 Å². The molecule has 0 aliphatic heterocycles. The highest BCUT2D eigenvalue weighted by molar-refractivity contribution is 5.83. The molecule has 5 aromatic rings. The highest BCUT2D eigenvalue weighted by Gasteiger charge is 2.11. The van der Waals surface area contributed by atoms with E-state index in [1.54, 1.807) is 0 Å². The summed E-state index contributed by atoms with van der Waals surface area (Å²) in [6.07, 6.45) is 0. The summed E-state index contributed by atoms with van der Waals surface area (Å²) >= 11 is 0. The van der Waals surface area contributed by atoms with E-state index in [2.05, 4.69) is 54.0 Å². The molecule has 0 saturated carbocycles. The lowest BCUT2D eigenvalue weighted by molar-refractivity contribution is 0.272. The lowest BCUT2D eigenvalue weighted by atomic mass is 10.1. The number of fused-ring (bicyclic) bond motifs is 2. The first-order chi connectivity index (χ1) is 15.3. The molecular weight excluding hydrogens is 384 g/mol. The average Bonchev–Trinajstić information content (AvgIpc) is 3.16. The van der Waals surface area contributed by atoms with E-state index < -0.39 is 0 Å². The molecule has 0 aliphatic rings. The molecule has 154 valence electrons. The fourth-order valence-corrected chi connectivity index (χ4v) is 3.78. The molecule has 0 amide bonds. The summed E-state index contributed by atoms with van der Waals surface area (Å²) in [4.78, 5) is 4.79. The number of ether oxygens (including phenoxy) is 2. The number of nitrogens with zero attached hydrogens (tertiary/aromatic N) is 2. The average molecular weight is 409 g/mol. The summed E-state index contributed by atoms with van der Waals surface area (Å²) < 4.78 is 14.3. The van der Waals surface area contributed by atoms with E-state index in [4.69, 9.17) is 14.5 Å². The van der Waals surface area contributed by atoms with Crippen molar-refractivity contribution in [1.29, 1.82) is 0 Å². The zero-order chi connectivity index (χ0) is 21.0. The van der Waals surface area contributed by atoms with Gasteiger partial charge in [-0.2, -0.15) is 0 Å². The van der Waals surface area contributed by atoms with Crippen molar-refractivity contribution in [2.45, 2.75) is 20.1 Å². The van der Waals surface area contributed by atoms with Gasteiger partial charge < -0.3 is 14.0 Å². The van der Waals surface area contributed by atoms with Gasteiger partial charge in [-0.15, -0.1) is 0 Å². The zero-order valence-electron chi connectivity index (χ0n) is 17.5. The van der Waals surface area contributed by atoms with E-state index >= 15 is 0 Å². The Bertz CT molecular complexity index is 1320. The number of imidazole rings is 1. The van der Waals surface area contributed by atoms with E-state index in [1.165, 1.54) is 16.3 Å². The maximum absolute atomic E-state index is 6.08. The van der Waals surface area contributed by atoms with E-state index in [1.807, 2.05) is 48.5 Å². The first kappa shape index (κ1) is 19.2. The molecule has 0 atom stereocenters. The largest absolute Gasteiger partial charge is 0.492 e. The van der Waals surface area contributed by atoms with Crippen molar-refractivity contribution in [3.8, 4) is 11.5 Å². The molecule has 1 heterocycles. The van der Waals surface area contributed by atoms with Crippen LogP contribution in [0.2, 0.25) is 0 Å². The first-order valence-electron chi connectivity index (χ1n) is 10.5. The zero-order valence-corrected chi connectivity index (χ0v) is 17.5. The van der Waals surface area contributed by atoms with Crippen molar-refractivity contribution < 1.29 is 9.47 Å². The minimum atomic E-state index is 0.410. The van der Waals surface area contributed by atoms with E-state index in [0.29, 0.717) is 19.8 Å². The van der Waals surface area contributed by atoms with Crippen LogP contribution in [-0.4, -0.2) is 16.2 Å². The van der Waals surface area contributed by atoms with Gasteiger partial charge in [-0.25, -0.2) is 4.98 Å². The number of hydrogen-bond acceptors (Lipinski definition) is 3. The van der Waals surface area contributed by atoms with Crippen LogP contribution in [0.5, 0.6) is 11.5 Å². The van der Waals surface area contributed by atoms with E-state index in [9.17, 15) is 0 Å². The molecule has 5 rings (SSSR count). The van der Waals surface area contributed by atoms with Gasteiger partial charge in [0.2, 0.25) is 0 Å². The molecule has 0 aliphatic carbocycles. The Morgan fingerprint density at radius 2 is 1.48 bits per heavy atom. The molecule has 0 bridgehead atoms. The van der Waals surface area contributed by atoms with Gasteiger partial charge in [0.1, 0.15) is 30.5 Å². The highest BCUT2D eigenvalue weighted by atomic mass is 16.5. The Balaban J connectivity index is 1.32. The van der Waals surface area contributed by atoms with Gasteiger partial charge in [-0.05, 0) is 54.1 Å². The Morgan fingerprint density at radius 3 is 2.35 bits per heavy atom. The van der Waals surface area contributed by atoms with Crippen LogP contribution in [0.15, 0.2) is 91.0 Å². The van der Waals surface area contributed by atoms with Crippen molar-refractivity contribution in [2.75, 3.05) is 6.61 Å². The second kappa shape index (κ2) is 8.52. The van der Waals surface area contributed by atoms with E-state index in [0.717, 1.165) is 28.4 Å².